The minimum atomic E-state index is -0.565. The Hall–Kier alpha value is -1.66. The van der Waals surface area contributed by atoms with Crippen LogP contribution in [0.4, 0.5) is 15.8 Å². The second kappa shape index (κ2) is 6.19. The predicted molar refractivity (Wildman–Crippen MR) is 79.5 cm³/mol. The summed E-state index contributed by atoms with van der Waals surface area (Å²) >= 11 is 9.34. The number of nitrogens with zero attached hydrogens (tertiary/aromatic N) is 1. The first-order chi connectivity index (χ1) is 9.47. The maximum atomic E-state index is 13.2. The maximum Gasteiger partial charge on any atom is 0.292 e. The third-order valence-corrected chi connectivity index (χ3v) is 3.48. The first-order valence-electron chi connectivity index (χ1n) is 5.59. The van der Waals surface area contributed by atoms with Crippen molar-refractivity contribution in [1.29, 1.82) is 0 Å². The molecule has 104 valence electrons. The van der Waals surface area contributed by atoms with Crippen LogP contribution in [0.15, 0.2) is 40.9 Å². The van der Waals surface area contributed by atoms with Gasteiger partial charge in [0.15, 0.2) is 0 Å². The van der Waals surface area contributed by atoms with Gasteiger partial charge in [-0.05, 0) is 23.8 Å². The normalized spacial score (nSPS) is 10.3. The zero-order valence-corrected chi connectivity index (χ0v) is 12.4. The van der Waals surface area contributed by atoms with Crippen molar-refractivity contribution in [2.45, 2.75) is 6.54 Å². The minimum absolute atomic E-state index is 0.119. The van der Waals surface area contributed by atoms with E-state index in [1.807, 2.05) is 6.07 Å². The third kappa shape index (κ3) is 3.46. The van der Waals surface area contributed by atoms with Crippen LogP contribution in [0.5, 0.6) is 0 Å². The molecule has 0 aliphatic heterocycles. The fourth-order valence-corrected chi connectivity index (χ4v) is 2.40. The van der Waals surface area contributed by atoms with Crippen LogP contribution in [0.1, 0.15) is 5.56 Å². The molecule has 7 heteroatoms. The molecular weight excluding hydrogens is 351 g/mol. The molecule has 2 aromatic carbocycles. The standard InChI is InChI=1S/C13H9BrClFN2O2/c14-9-2-1-8(11(15)5-9)7-17-12-6-10(16)3-4-13(12)18(19)20/h1-6,17H,7H2. The van der Waals surface area contributed by atoms with Crippen molar-refractivity contribution in [3.63, 3.8) is 0 Å². The summed E-state index contributed by atoms with van der Waals surface area (Å²) in [5, 5.41) is 14.2. The van der Waals surface area contributed by atoms with Crippen molar-refractivity contribution in [2.24, 2.45) is 0 Å². The van der Waals surface area contributed by atoms with E-state index in [2.05, 4.69) is 21.2 Å². The quantitative estimate of drug-likeness (QED) is 0.632. The summed E-state index contributed by atoms with van der Waals surface area (Å²) < 4.78 is 14.0. The van der Waals surface area contributed by atoms with Gasteiger partial charge in [0.2, 0.25) is 0 Å². The molecule has 0 atom stereocenters. The molecule has 0 saturated heterocycles. The maximum absolute atomic E-state index is 13.2. The van der Waals surface area contributed by atoms with Gasteiger partial charge >= 0.3 is 0 Å². The number of anilines is 1. The molecule has 0 saturated carbocycles. The van der Waals surface area contributed by atoms with Crippen LogP contribution < -0.4 is 5.32 Å². The van der Waals surface area contributed by atoms with Crippen molar-refractivity contribution in [1.82, 2.24) is 0 Å². The predicted octanol–water partition coefficient (Wildman–Crippen LogP) is 4.76. The van der Waals surface area contributed by atoms with Crippen LogP contribution in [0.25, 0.3) is 0 Å². The van der Waals surface area contributed by atoms with Gasteiger partial charge in [0.05, 0.1) is 4.92 Å². The molecule has 0 aromatic heterocycles. The van der Waals surface area contributed by atoms with Gasteiger partial charge in [-0.2, -0.15) is 0 Å². The number of halogens is 3. The van der Waals surface area contributed by atoms with Crippen molar-refractivity contribution in [2.75, 3.05) is 5.32 Å². The van der Waals surface area contributed by atoms with E-state index in [1.165, 1.54) is 0 Å². The molecule has 0 spiro atoms. The zero-order valence-electron chi connectivity index (χ0n) is 10.1. The summed E-state index contributed by atoms with van der Waals surface area (Å²) in [4.78, 5) is 10.3. The topological polar surface area (TPSA) is 55.2 Å². The van der Waals surface area contributed by atoms with E-state index >= 15 is 0 Å². The second-order valence-electron chi connectivity index (χ2n) is 4.01. The number of hydrogen-bond donors (Lipinski definition) is 1. The lowest BCUT2D eigenvalue weighted by Gasteiger charge is -2.09. The van der Waals surface area contributed by atoms with Crippen LogP contribution in [-0.4, -0.2) is 4.92 Å². The number of nitro groups is 1. The number of benzene rings is 2. The van der Waals surface area contributed by atoms with E-state index in [9.17, 15) is 14.5 Å². The lowest BCUT2D eigenvalue weighted by molar-refractivity contribution is -0.384. The highest BCUT2D eigenvalue weighted by Gasteiger charge is 2.14. The van der Waals surface area contributed by atoms with Gasteiger partial charge in [-0.1, -0.05) is 33.6 Å². The Morgan fingerprint density at radius 2 is 2.05 bits per heavy atom. The molecule has 4 nitrogen and oxygen atoms in total. The SMILES string of the molecule is O=[N+]([O-])c1ccc(F)cc1NCc1ccc(Br)cc1Cl. The van der Waals surface area contributed by atoms with Crippen molar-refractivity contribution < 1.29 is 9.31 Å². The molecule has 20 heavy (non-hydrogen) atoms. The van der Waals surface area contributed by atoms with Crippen molar-refractivity contribution in [3.05, 3.63) is 67.4 Å². The highest BCUT2D eigenvalue weighted by molar-refractivity contribution is 9.10. The highest BCUT2D eigenvalue weighted by Crippen LogP contribution is 2.27. The largest absolute Gasteiger partial charge is 0.375 e. The molecule has 0 aliphatic rings. The van der Waals surface area contributed by atoms with Crippen LogP contribution in [0.2, 0.25) is 5.02 Å². The fourth-order valence-electron chi connectivity index (χ4n) is 1.66. The summed E-state index contributed by atoms with van der Waals surface area (Å²) in [5.74, 6) is -0.542. The van der Waals surface area contributed by atoms with Gasteiger partial charge in [0.1, 0.15) is 11.5 Å². The van der Waals surface area contributed by atoms with E-state index in [4.69, 9.17) is 11.6 Å². The summed E-state index contributed by atoms with van der Waals surface area (Å²) in [6.07, 6.45) is 0. The van der Waals surface area contributed by atoms with Crippen molar-refractivity contribution >= 4 is 38.9 Å². The first kappa shape index (κ1) is 14.7. The Balaban J connectivity index is 2.22. The fraction of sp³-hybridized carbons (Fsp3) is 0.0769. The minimum Gasteiger partial charge on any atom is -0.375 e. The van der Waals surface area contributed by atoms with Gasteiger partial charge in [0, 0.05) is 28.2 Å². The molecule has 0 unspecified atom stereocenters. The Morgan fingerprint density at radius 1 is 1.30 bits per heavy atom. The van der Waals surface area contributed by atoms with E-state index in [-0.39, 0.29) is 17.9 Å². The van der Waals surface area contributed by atoms with E-state index in [0.29, 0.717) is 5.02 Å². The molecule has 0 amide bonds. The van der Waals surface area contributed by atoms with Gasteiger partial charge in [-0.15, -0.1) is 0 Å². The average Bonchev–Trinajstić information content (AvgIpc) is 2.37. The summed E-state index contributed by atoms with van der Waals surface area (Å²) in [6, 6.07) is 8.58. The smallest absolute Gasteiger partial charge is 0.292 e. The Morgan fingerprint density at radius 3 is 2.70 bits per heavy atom. The first-order valence-corrected chi connectivity index (χ1v) is 6.76. The van der Waals surface area contributed by atoms with Crippen LogP contribution in [0.3, 0.4) is 0 Å². The molecule has 1 N–H and O–H groups in total. The second-order valence-corrected chi connectivity index (χ2v) is 5.33. The zero-order chi connectivity index (χ0) is 14.7. The number of nitro benzene ring substituents is 1. The highest BCUT2D eigenvalue weighted by atomic mass is 79.9. The number of rotatable bonds is 4. The molecule has 0 fully saturated rings. The van der Waals surface area contributed by atoms with Gasteiger partial charge in [-0.25, -0.2) is 4.39 Å². The molecular formula is C13H9BrClFN2O2. The van der Waals surface area contributed by atoms with Gasteiger partial charge in [-0.3, -0.25) is 10.1 Å². The van der Waals surface area contributed by atoms with E-state index in [1.54, 1.807) is 12.1 Å². The molecule has 0 radical (unpaired) electrons. The third-order valence-electron chi connectivity index (χ3n) is 2.64. The molecule has 0 bridgehead atoms. The lowest BCUT2D eigenvalue weighted by atomic mass is 10.2. The molecule has 2 aromatic rings. The Kier molecular flexibility index (Phi) is 4.57. The van der Waals surface area contributed by atoms with E-state index < -0.39 is 10.7 Å². The molecule has 0 heterocycles. The molecule has 2 rings (SSSR count). The van der Waals surface area contributed by atoms with Crippen LogP contribution in [0, 0.1) is 15.9 Å². The van der Waals surface area contributed by atoms with Crippen LogP contribution in [-0.2, 0) is 6.54 Å². The summed E-state index contributed by atoms with van der Waals surface area (Å²) in [7, 11) is 0. The average molecular weight is 360 g/mol. The Bertz CT molecular complexity index is 667. The number of nitrogens with one attached hydrogen (secondary N) is 1. The van der Waals surface area contributed by atoms with Gasteiger partial charge in [0.25, 0.3) is 5.69 Å². The van der Waals surface area contributed by atoms with Gasteiger partial charge < -0.3 is 5.32 Å². The lowest BCUT2D eigenvalue weighted by Crippen LogP contribution is -2.03. The van der Waals surface area contributed by atoms with Crippen molar-refractivity contribution in [3.8, 4) is 0 Å². The Labute approximate surface area is 127 Å². The monoisotopic (exact) mass is 358 g/mol. The molecule has 0 aliphatic carbocycles. The summed E-state index contributed by atoms with van der Waals surface area (Å²) in [6.45, 7) is 0.260. The van der Waals surface area contributed by atoms with E-state index in [0.717, 1.165) is 28.2 Å². The van der Waals surface area contributed by atoms with Crippen LogP contribution >= 0.6 is 27.5 Å². The summed E-state index contributed by atoms with van der Waals surface area (Å²) in [5.41, 5.74) is 0.696. The number of hydrogen-bond acceptors (Lipinski definition) is 3.